The molecule has 4 nitrogen and oxygen atoms in total. The van der Waals surface area contributed by atoms with Gasteiger partial charge in [0.05, 0.1) is 5.41 Å². The van der Waals surface area contributed by atoms with Gasteiger partial charge in [0.25, 0.3) is 10.1 Å². The fourth-order valence-corrected chi connectivity index (χ4v) is 2.38. The largest absolute Gasteiger partial charge is 0.456 e. The summed E-state index contributed by atoms with van der Waals surface area (Å²) < 4.78 is 35.7. The van der Waals surface area contributed by atoms with Crippen LogP contribution in [0.2, 0.25) is 0 Å². The van der Waals surface area contributed by atoms with Crippen LogP contribution in [0.25, 0.3) is 28.4 Å². The number of para-hydroxylation sites is 1. The third-order valence-corrected chi connectivity index (χ3v) is 3.53. The maximum atomic E-state index is 10.6. The van der Waals surface area contributed by atoms with Crippen LogP contribution < -0.4 is 0 Å². The number of hydrogen-bond donors (Lipinski definition) is 1. The van der Waals surface area contributed by atoms with Crippen molar-refractivity contribution in [3.63, 3.8) is 0 Å². The summed E-state index contributed by atoms with van der Waals surface area (Å²) in [6.07, 6.45) is 1.33. The molecule has 0 spiro atoms. The van der Waals surface area contributed by atoms with E-state index in [1.807, 2.05) is 42.5 Å². The lowest BCUT2D eigenvalue weighted by molar-refractivity contribution is 0.494. The van der Waals surface area contributed by atoms with Gasteiger partial charge in [0, 0.05) is 10.9 Å². The van der Waals surface area contributed by atoms with Crippen molar-refractivity contribution in [2.24, 2.45) is 0 Å². The summed E-state index contributed by atoms with van der Waals surface area (Å²) in [6, 6.07) is 16.9. The van der Waals surface area contributed by atoms with Gasteiger partial charge >= 0.3 is 0 Å². The van der Waals surface area contributed by atoms with Crippen LogP contribution >= 0.6 is 0 Å². The van der Waals surface area contributed by atoms with Crippen molar-refractivity contribution in [2.45, 2.75) is 0 Å². The van der Waals surface area contributed by atoms with Crippen molar-refractivity contribution in [1.82, 2.24) is 0 Å². The number of furan rings is 1. The number of benzene rings is 2. The van der Waals surface area contributed by atoms with Crippen LogP contribution in [0.4, 0.5) is 0 Å². The number of rotatable bonds is 3. The molecule has 3 rings (SSSR count). The molecular weight excluding hydrogens is 288 g/mol. The van der Waals surface area contributed by atoms with E-state index in [0.717, 1.165) is 27.7 Å². The summed E-state index contributed by atoms with van der Waals surface area (Å²) in [5, 5.41) is 1.78. The Bertz CT molecular complexity index is 870. The Hall–Kier alpha value is -2.37. The minimum atomic E-state index is -4.10. The Balaban J connectivity index is 1.92. The highest BCUT2D eigenvalue weighted by Gasteiger charge is 2.05. The van der Waals surface area contributed by atoms with Crippen LogP contribution in [-0.2, 0) is 10.1 Å². The zero-order valence-corrected chi connectivity index (χ0v) is 11.7. The molecule has 21 heavy (non-hydrogen) atoms. The van der Waals surface area contributed by atoms with Crippen LogP contribution in [0.5, 0.6) is 0 Å². The van der Waals surface area contributed by atoms with Gasteiger partial charge in [-0.05, 0) is 23.8 Å². The number of fused-ring (bicyclic) bond motifs is 1. The molecule has 5 heteroatoms. The van der Waals surface area contributed by atoms with Crippen LogP contribution in [0.15, 0.2) is 64.4 Å². The first-order chi connectivity index (χ1) is 10.0. The van der Waals surface area contributed by atoms with Gasteiger partial charge in [-0.1, -0.05) is 42.5 Å². The highest BCUT2D eigenvalue weighted by molar-refractivity contribution is 7.88. The maximum Gasteiger partial charge on any atom is 0.287 e. The van der Waals surface area contributed by atoms with Crippen molar-refractivity contribution in [3.05, 3.63) is 65.6 Å². The maximum absolute atomic E-state index is 10.6. The molecule has 2 aromatic carbocycles. The van der Waals surface area contributed by atoms with Crippen molar-refractivity contribution < 1.29 is 17.4 Å². The summed E-state index contributed by atoms with van der Waals surface area (Å²) >= 11 is 0. The summed E-state index contributed by atoms with van der Waals surface area (Å²) in [4.78, 5) is 0. The topological polar surface area (TPSA) is 67.5 Å². The third kappa shape index (κ3) is 3.21. The fraction of sp³-hybridized carbons (Fsp3) is 0. The van der Waals surface area contributed by atoms with E-state index in [0.29, 0.717) is 5.56 Å². The molecule has 106 valence electrons. The molecule has 3 aromatic rings. The molecule has 0 atom stereocenters. The zero-order chi connectivity index (χ0) is 14.9. The van der Waals surface area contributed by atoms with Gasteiger partial charge in [0.15, 0.2) is 0 Å². The van der Waals surface area contributed by atoms with Crippen LogP contribution in [0.1, 0.15) is 5.56 Å². The minimum Gasteiger partial charge on any atom is -0.456 e. The summed E-state index contributed by atoms with van der Waals surface area (Å²) in [6.45, 7) is 0. The molecule has 1 N–H and O–H groups in total. The Labute approximate surface area is 122 Å². The first-order valence-corrected chi connectivity index (χ1v) is 7.76. The van der Waals surface area contributed by atoms with Gasteiger partial charge < -0.3 is 4.42 Å². The predicted molar refractivity (Wildman–Crippen MR) is 82.2 cm³/mol. The summed E-state index contributed by atoms with van der Waals surface area (Å²) in [5.74, 6) is 0.751. The van der Waals surface area contributed by atoms with Gasteiger partial charge in [-0.3, -0.25) is 4.55 Å². The average Bonchev–Trinajstić information content (AvgIpc) is 2.89. The van der Waals surface area contributed by atoms with E-state index in [2.05, 4.69) is 0 Å². The van der Waals surface area contributed by atoms with Gasteiger partial charge in [-0.15, -0.1) is 0 Å². The van der Waals surface area contributed by atoms with E-state index < -0.39 is 10.1 Å². The SMILES string of the molecule is O=S(=O)(O)/C=C/c1ccc(-c2cc3ccccc3o2)cc1. The van der Waals surface area contributed by atoms with Crippen LogP contribution in [0.3, 0.4) is 0 Å². The molecule has 0 fully saturated rings. The van der Waals surface area contributed by atoms with Crippen LogP contribution in [0, 0.1) is 0 Å². The van der Waals surface area contributed by atoms with Gasteiger partial charge in [-0.2, -0.15) is 8.42 Å². The standard InChI is InChI=1S/C16H12O4S/c17-21(18,19)10-9-12-5-7-13(8-6-12)16-11-14-3-1-2-4-15(14)20-16/h1-11H,(H,17,18,19)/b10-9+. The van der Waals surface area contributed by atoms with E-state index in [1.165, 1.54) is 6.08 Å². The van der Waals surface area contributed by atoms with Gasteiger partial charge in [-0.25, -0.2) is 0 Å². The highest BCUT2D eigenvalue weighted by Crippen LogP contribution is 2.27. The van der Waals surface area contributed by atoms with E-state index in [4.69, 9.17) is 8.97 Å². The lowest BCUT2D eigenvalue weighted by Gasteiger charge is -1.97. The molecule has 0 bridgehead atoms. The van der Waals surface area contributed by atoms with Gasteiger partial charge in [0.1, 0.15) is 11.3 Å². The Morgan fingerprint density at radius 2 is 1.71 bits per heavy atom. The monoisotopic (exact) mass is 300 g/mol. The average molecular weight is 300 g/mol. The normalized spacial score (nSPS) is 12.2. The second-order valence-corrected chi connectivity index (χ2v) is 5.89. The molecule has 0 aliphatic carbocycles. The molecule has 1 aromatic heterocycles. The molecule has 0 saturated carbocycles. The smallest absolute Gasteiger partial charge is 0.287 e. The molecule has 0 saturated heterocycles. The first-order valence-electron chi connectivity index (χ1n) is 6.26. The second-order valence-electron chi connectivity index (χ2n) is 4.59. The Morgan fingerprint density at radius 3 is 2.38 bits per heavy atom. The van der Waals surface area contributed by atoms with E-state index in [9.17, 15) is 8.42 Å². The molecule has 0 aliphatic rings. The lowest BCUT2D eigenvalue weighted by atomic mass is 10.1. The minimum absolute atomic E-state index is 0.674. The first kappa shape index (κ1) is 13.6. The zero-order valence-electron chi connectivity index (χ0n) is 10.9. The Morgan fingerprint density at radius 1 is 1.00 bits per heavy atom. The van der Waals surface area contributed by atoms with E-state index in [-0.39, 0.29) is 0 Å². The van der Waals surface area contributed by atoms with Crippen molar-refractivity contribution in [1.29, 1.82) is 0 Å². The predicted octanol–water partition coefficient (Wildman–Crippen LogP) is 3.96. The van der Waals surface area contributed by atoms with Crippen LogP contribution in [-0.4, -0.2) is 13.0 Å². The quantitative estimate of drug-likeness (QED) is 0.743. The molecule has 0 unspecified atom stereocenters. The van der Waals surface area contributed by atoms with Gasteiger partial charge in [0.2, 0.25) is 0 Å². The van der Waals surface area contributed by atoms with Crippen molar-refractivity contribution in [2.75, 3.05) is 0 Å². The Kier molecular flexibility index (Phi) is 3.37. The molecule has 0 aliphatic heterocycles. The highest BCUT2D eigenvalue weighted by atomic mass is 32.2. The fourth-order valence-electron chi connectivity index (χ4n) is 2.05. The van der Waals surface area contributed by atoms with Crippen molar-refractivity contribution in [3.8, 4) is 11.3 Å². The molecule has 0 radical (unpaired) electrons. The van der Waals surface area contributed by atoms with E-state index in [1.54, 1.807) is 12.1 Å². The second kappa shape index (κ2) is 5.20. The lowest BCUT2D eigenvalue weighted by Crippen LogP contribution is -1.88. The third-order valence-electron chi connectivity index (χ3n) is 3.05. The van der Waals surface area contributed by atoms with E-state index >= 15 is 0 Å². The number of hydrogen-bond acceptors (Lipinski definition) is 3. The van der Waals surface area contributed by atoms with Crippen molar-refractivity contribution >= 4 is 27.2 Å². The summed E-state index contributed by atoms with van der Waals surface area (Å²) in [7, 11) is -4.10. The molecule has 0 amide bonds. The summed E-state index contributed by atoms with van der Waals surface area (Å²) in [5.41, 5.74) is 2.39. The molecular formula is C16H12O4S. The molecule has 1 heterocycles.